The van der Waals surface area contributed by atoms with E-state index in [-0.39, 0.29) is 17.6 Å². The van der Waals surface area contributed by atoms with Gasteiger partial charge >= 0.3 is 0 Å². The lowest BCUT2D eigenvalue weighted by atomic mass is 10.1. The summed E-state index contributed by atoms with van der Waals surface area (Å²) in [7, 11) is 3.14. The summed E-state index contributed by atoms with van der Waals surface area (Å²) in [6.45, 7) is 3.94. The molecule has 1 N–H and O–H groups in total. The van der Waals surface area contributed by atoms with Gasteiger partial charge in [-0.1, -0.05) is 12.1 Å². The average molecular weight is 304 g/mol. The Bertz CT molecular complexity index is 651. The van der Waals surface area contributed by atoms with Crippen LogP contribution in [-0.4, -0.2) is 31.3 Å². The molecule has 2 rings (SSSR count). The number of amides is 1. The van der Waals surface area contributed by atoms with Crippen molar-refractivity contribution in [2.75, 3.05) is 14.2 Å². The summed E-state index contributed by atoms with van der Waals surface area (Å²) in [5.74, 6) is 1.46. The van der Waals surface area contributed by atoms with Gasteiger partial charge in [0, 0.05) is 17.7 Å². The molecule has 0 aliphatic rings. The number of nitrogens with one attached hydrogen (secondary N) is 1. The van der Waals surface area contributed by atoms with Gasteiger partial charge in [-0.25, -0.2) is 0 Å². The highest BCUT2D eigenvalue weighted by molar-refractivity contribution is 5.93. The Labute approximate surface area is 129 Å². The van der Waals surface area contributed by atoms with E-state index in [9.17, 15) is 4.79 Å². The third kappa shape index (κ3) is 3.39. The molecule has 6 heteroatoms. The Morgan fingerprint density at radius 1 is 1.27 bits per heavy atom. The highest BCUT2D eigenvalue weighted by atomic mass is 16.5. The van der Waals surface area contributed by atoms with Gasteiger partial charge in [-0.3, -0.25) is 4.79 Å². The number of nitrogens with zero attached hydrogens (tertiary/aromatic N) is 1. The molecule has 1 heterocycles. The topological polar surface area (TPSA) is 73.6 Å². The molecule has 1 aromatic carbocycles. The molecule has 0 saturated carbocycles. The molecule has 0 fully saturated rings. The third-order valence-electron chi connectivity index (χ3n) is 3.40. The van der Waals surface area contributed by atoms with Crippen LogP contribution in [0.25, 0.3) is 11.3 Å². The van der Waals surface area contributed by atoms with E-state index < -0.39 is 0 Å². The standard InChI is InChI=1S/C16H20N2O4/c1-5-10(2)17-16(19)12-9-14(22-18-12)11-6-7-13(20-3)15(8-11)21-4/h6-10H,5H2,1-4H3,(H,17,19)/t10-/m1/s1. The highest BCUT2D eigenvalue weighted by Gasteiger charge is 2.16. The van der Waals surface area contributed by atoms with Crippen molar-refractivity contribution in [1.29, 1.82) is 0 Å². The second-order valence-electron chi connectivity index (χ2n) is 4.93. The first-order chi connectivity index (χ1) is 10.6. The van der Waals surface area contributed by atoms with Crippen LogP contribution >= 0.6 is 0 Å². The maximum absolute atomic E-state index is 12.0. The van der Waals surface area contributed by atoms with E-state index in [0.29, 0.717) is 17.3 Å². The molecular weight excluding hydrogens is 284 g/mol. The molecule has 0 radical (unpaired) electrons. The van der Waals surface area contributed by atoms with Gasteiger partial charge in [0.05, 0.1) is 14.2 Å². The van der Waals surface area contributed by atoms with Gasteiger partial charge in [0.2, 0.25) is 0 Å². The average Bonchev–Trinajstić information content (AvgIpc) is 3.04. The molecule has 1 aromatic heterocycles. The van der Waals surface area contributed by atoms with Crippen LogP contribution in [0.4, 0.5) is 0 Å². The van der Waals surface area contributed by atoms with Crippen LogP contribution in [0.5, 0.6) is 11.5 Å². The summed E-state index contributed by atoms with van der Waals surface area (Å²) >= 11 is 0. The third-order valence-corrected chi connectivity index (χ3v) is 3.40. The van der Waals surface area contributed by atoms with Gasteiger partial charge in [-0.15, -0.1) is 0 Å². The number of methoxy groups -OCH3 is 2. The molecular formula is C16H20N2O4. The maximum Gasteiger partial charge on any atom is 0.273 e. The van der Waals surface area contributed by atoms with Crippen molar-refractivity contribution in [1.82, 2.24) is 10.5 Å². The number of aromatic nitrogens is 1. The number of hydrogen-bond acceptors (Lipinski definition) is 5. The Kier molecular flexibility index (Phi) is 5.04. The van der Waals surface area contributed by atoms with E-state index in [1.54, 1.807) is 32.4 Å². The van der Waals surface area contributed by atoms with Gasteiger partial charge < -0.3 is 19.3 Å². The van der Waals surface area contributed by atoms with E-state index in [4.69, 9.17) is 14.0 Å². The minimum Gasteiger partial charge on any atom is -0.493 e. The monoisotopic (exact) mass is 304 g/mol. The van der Waals surface area contributed by atoms with E-state index in [1.165, 1.54) is 0 Å². The van der Waals surface area contributed by atoms with E-state index in [2.05, 4.69) is 10.5 Å². The Hall–Kier alpha value is -2.50. The molecule has 2 aromatic rings. The summed E-state index contributed by atoms with van der Waals surface area (Å²) in [6, 6.07) is 7.07. The van der Waals surface area contributed by atoms with Crippen LogP contribution in [0, 0.1) is 0 Å². The molecule has 0 saturated heterocycles. The van der Waals surface area contributed by atoms with Gasteiger partial charge in [0.25, 0.3) is 5.91 Å². The van der Waals surface area contributed by atoms with Crippen molar-refractivity contribution < 1.29 is 18.8 Å². The fourth-order valence-corrected chi connectivity index (χ4v) is 1.91. The molecule has 0 aliphatic carbocycles. The van der Waals surface area contributed by atoms with Gasteiger partial charge in [0.15, 0.2) is 23.0 Å². The predicted octanol–water partition coefficient (Wildman–Crippen LogP) is 2.89. The highest BCUT2D eigenvalue weighted by Crippen LogP contribution is 2.32. The Morgan fingerprint density at radius 2 is 2.00 bits per heavy atom. The summed E-state index contributed by atoms with van der Waals surface area (Å²) in [4.78, 5) is 12.0. The van der Waals surface area contributed by atoms with Crippen LogP contribution in [-0.2, 0) is 0 Å². The Morgan fingerprint density at radius 3 is 2.64 bits per heavy atom. The van der Waals surface area contributed by atoms with Crippen LogP contribution < -0.4 is 14.8 Å². The summed E-state index contributed by atoms with van der Waals surface area (Å²) in [5.41, 5.74) is 1.01. The normalized spacial score (nSPS) is 11.8. The fraction of sp³-hybridized carbons (Fsp3) is 0.375. The summed E-state index contributed by atoms with van der Waals surface area (Å²) in [5, 5.41) is 6.66. The van der Waals surface area contributed by atoms with E-state index in [0.717, 1.165) is 12.0 Å². The molecule has 0 bridgehead atoms. The first kappa shape index (κ1) is 15.9. The van der Waals surface area contributed by atoms with Crippen LogP contribution in [0.2, 0.25) is 0 Å². The minimum absolute atomic E-state index is 0.0914. The lowest BCUT2D eigenvalue weighted by Gasteiger charge is -2.08. The zero-order valence-corrected chi connectivity index (χ0v) is 13.2. The molecule has 0 spiro atoms. The molecule has 0 aliphatic heterocycles. The van der Waals surface area contributed by atoms with Crippen molar-refractivity contribution in [2.45, 2.75) is 26.3 Å². The van der Waals surface area contributed by atoms with Crippen molar-refractivity contribution >= 4 is 5.91 Å². The zero-order valence-electron chi connectivity index (χ0n) is 13.2. The molecule has 6 nitrogen and oxygen atoms in total. The van der Waals surface area contributed by atoms with E-state index in [1.807, 2.05) is 19.9 Å². The second-order valence-corrected chi connectivity index (χ2v) is 4.93. The smallest absolute Gasteiger partial charge is 0.273 e. The SMILES string of the molecule is CC[C@@H](C)NC(=O)c1cc(-c2ccc(OC)c(OC)c2)on1. The van der Waals surface area contributed by atoms with Crippen LogP contribution in [0.15, 0.2) is 28.8 Å². The Balaban J connectivity index is 2.22. The first-order valence-corrected chi connectivity index (χ1v) is 7.09. The number of rotatable bonds is 6. The van der Waals surface area contributed by atoms with Crippen molar-refractivity contribution in [3.63, 3.8) is 0 Å². The molecule has 118 valence electrons. The van der Waals surface area contributed by atoms with E-state index >= 15 is 0 Å². The fourth-order valence-electron chi connectivity index (χ4n) is 1.91. The largest absolute Gasteiger partial charge is 0.493 e. The lowest BCUT2D eigenvalue weighted by molar-refractivity contribution is 0.0930. The predicted molar refractivity (Wildman–Crippen MR) is 82.3 cm³/mol. The number of ether oxygens (including phenoxy) is 2. The molecule has 1 amide bonds. The number of benzene rings is 1. The minimum atomic E-state index is -0.246. The lowest BCUT2D eigenvalue weighted by Crippen LogP contribution is -2.32. The van der Waals surface area contributed by atoms with Gasteiger partial charge in [-0.05, 0) is 31.5 Å². The van der Waals surface area contributed by atoms with Crippen LogP contribution in [0.1, 0.15) is 30.8 Å². The summed E-state index contributed by atoms with van der Waals surface area (Å²) in [6.07, 6.45) is 0.853. The molecule has 22 heavy (non-hydrogen) atoms. The van der Waals surface area contributed by atoms with Crippen molar-refractivity contribution in [2.24, 2.45) is 0 Å². The number of carbonyl (C=O) groups excluding carboxylic acids is 1. The zero-order chi connectivity index (χ0) is 16.1. The molecule has 1 atom stereocenters. The maximum atomic E-state index is 12.0. The van der Waals surface area contributed by atoms with Gasteiger partial charge in [-0.2, -0.15) is 0 Å². The second kappa shape index (κ2) is 6.98. The first-order valence-electron chi connectivity index (χ1n) is 7.09. The number of carbonyl (C=O) groups is 1. The molecule has 0 unspecified atom stereocenters. The summed E-state index contributed by atoms with van der Waals surface area (Å²) < 4.78 is 15.7. The van der Waals surface area contributed by atoms with Crippen LogP contribution in [0.3, 0.4) is 0 Å². The van der Waals surface area contributed by atoms with Crippen molar-refractivity contribution in [3.8, 4) is 22.8 Å². The van der Waals surface area contributed by atoms with Gasteiger partial charge in [0.1, 0.15) is 0 Å². The number of hydrogen-bond donors (Lipinski definition) is 1. The van der Waals surface area contributed by atoms with Crippen molar-refractivity contribution in [3.05, 3.63) is 30.0 Å². The quantitative estimate of drug-likeness (QED) is 0.888.